The van der Waals surface area contributed by atoms with Crippen molar-refractivity contribution in [1.82, 2.24) is 15.0 Å². The van der Waals surface area contributed by atoms with Crippen LogP contribution in [-0.4, -0.2) is 33.7 Å². The first-order valence-electron chi connectivity index (χ1n) is 7.55. The number of benzene rings is 1. The smallest absolute Gasteiger partial charge is 0.244 e. The highest BCUT2D eigenvalue weighted by atomic mass is 79.9. The number of hydrogen-bond acceptors (Lipinski definition) is 5. The summed E-state index contributed by atoms with van der Waals surface area (Å²) in [6.45, 7) is 5.94. The van der Waals surface area contributed by atoms with Gasteiger partial charge in [0, 0.05) is 22.1 Å². The molecule has 0 bridgehead atoms. The molecule has 2 heterocycles. The first-order chi connectivity index (χ1) is 10.4. The molecule has 0 saturated carbocycles. The van der Waals surface area contributed by atoms with E-state index >= 15 is 0 Å². The van der Waals surface area contributed by atoms with Crippen LogP contribution in [0.4, 0.5) is 0 Å². The Morgan fingerprint density at radius 3 is 2.91 bits per heavy atom. The molecule has 3 rings (SSSR count). The van der Waals surface area contributed by atoms with Gasteiger partial charge in [-0.2, -0.15) is 4.98 Å². The monoisotopic (exact) mass is 364 g/mol. The molecule has 0 radical (unpaired) electrons. The van der Waals surface area contributed by atoms with Crippen LogP contribution in [0.1, 0.15) is 38.6 Å². The molecule has 2 aromatic rings. The van der Waals surface area contributed by atoms with E-state index in [9.17, 15) is 0 Å². The molecule has 6 heteroatoms. The third-order valence-corrected chi connectivity index (χ3v) is 4.51. The summed E-state index contributed by atoms with van der Waals surface area (Å²) in [5.41, 5.74) is 6.87. The summed E-state index contributed by atoms with van der Waals surface area (Å²) in [6.07, 6.45) is 2.17. The molecule has 2 N–H and O–H groups in total. The lowest BCUT2D eigenvalue weighted by molar-refractivity contribution is 0.178. The van der Waals surface area contributed by atoms with Crippen molar-refractivity contribution in [2.75, 3.05) is 13.1 Å². The molecule has 118 valence electrons. The van der Waals surface area contributed by atoms with Gasteiger partial charge in [0.25, 0.3) is 0 Å². The average Bonchev–Trinajstić information content (AvgIpc) is 3.06. The molecule has 1 saturated heterocycles. The number of halogens is 1. The van der Waals surface area contributed by atoms with Gasteiger partial charge in [0.15, 0.2) is 0 Å². The molecule has 1 atom stereocenters. The number of nitrogens with two attached hydrogens (primary N) is 1. The summed E-state index contributed by atoms with van der Waals surface area (Å²) >= 11 is 3.53. The van der Waals surface area contributed by atoms with Crippen molar-refractivity contribution in [3.63, 3.8) is 0 Å². The molecule has 1 aliphatic rings. The zero-order valence-electron chi connectivity index (χ0n) is 12.9. The van der Waals surface area contributed by atoms with Gasteiger partial charge in [-0.05, 0) is 45.4 Å². The molecule has 1 unspecified atom stereocenters. The second-order valence-electron chi connectivity index (χ2n) is 6.55. The van der Waals surface area contributed by atoms with Gasteiger partial charge in [-0.25, -0.2) is 0 Å². The van der Waals surface area contributed by atoms with Gasteiger partial charge >= 0.3 is 0 Å². The molecule has 1 fully saturated rings. The third-order valence-electron chi connectivity index (χ3n) is 3.82. The van der Waals surface area contributed by atoms with Crippen LogP contribution in [0.15, 0.2) is 33.3 Å². The second kappa shape index (κ2) is 6.10. The zero-order valence-corrected chi connectivity index (χ0v) is 14.5. The van der Waals surface area contributed by atoms with Crippen molar-refractivity contribution in [2.24, 2.45) is 5.73 Å². The van der Waals surface area contributed by atoms with E-state index in [1.54, 1.807) is 0 Å². The van der Waals surface area contributed by atoms with Crippen LogP contribution in [0.2, 0.25) is 0 Å². The van der Waals surface area contributed by atoms with Crippen molar-refractivity contribution in [3.05, 3.63) is 34.6 Å². The summed E-state index contributed by atoms with van der Waals surface area (Å²) in [5.74, 6) is 1.31. The van der Waals surface area contributed by atoms with E-state index < -0.39 is 0 Å². The van der Waals surface area contributed by atoms with Gasteiger partial charge in [-0.1, -0.05) is 33.2 Å². The van der Waals surface area contributed by atoms with Crippen LogP contribution in [0, 0.1) is 0 Å². The standard InChI is InChI=1S/C16H21BrN4O/c1-16(2,18)10-21-9-5-8-13(21)15-19-14(20-22-15)11-6-3-4-7-12(11)17/h3-4,6-7,13H,5,8-10,18H2,1-2H3. The molecule has 5 nitrogen and oxygen atoms in total. The molecule has 0 spiro atoms. The first kappa shape index (κ1) is 15.6. The molecular weight excluding hydrogens is 344 g/mol. The molecule has 0 amide bonds. The Balaban J connectivity index is 1.83. The van der Waals surface area contributed by atoms with Gasteiger partial charge in [-0.15, -0.1) is 0 Å². The molecular formula is C16H21BrN4O. The van der Waals surface area contributed by atoms with Crippen LogP contribution in [-0.2, 0) is 0 Å². The van der Waals surface area contributed by atoms with E-state index in [-0.39, 0.29) is 11.6 Å². The number of nitrogens with zero attached hydrogens (tertiary/aromatic N) is 3. The summed E-state index contributed by atoms with van der Waals surface area (Å²) in [6, 6.07) is 8.07. The fourth-order valence-corrected chi connectivity index (χ4v) is 3.40. The van der Waals surface area contributed by atoms with E-state index in [0.29, 0.717) is 11.7 Å². The molecule has 0 aliphatic carbocycles. The Kier molecular flexibility index (Phi) is 4.34. The van der Waals surface area contributed by atoms with Crippen molar-refractivity contribution in [2.45, 2.75) is 38.3 Å². The Bertz CT molecular complexity index is 650. The Morgan fingerprint density at radius 2 is 2.18 bits per heavy atom. The van der Waals surface area contributed by atoms with Crippen LogP contribution in [0.3, 0.4) is 0 Å². The van der Waals surface area contributed by atoms with Gasteiger partial charge < -0.3 is 10.3 Å². The van der Waals surface area contributed by atoms with Crippen LogP contribution < -0.4 is 5.73 Å². The van der Waals surface area contributed by atoms with Crippen LogP contribution in [0.25, 0.3) is 11.4 Å². The van der Waals surface area contributed by atoms with Gasteiger partial charge in [0.1, 0.15) is 0 Å². The average molecular weight is 365 g/mol. The lowest BCUT2D eigenvalue weighted by Gasteiger charge is -2.29. The first-order valence-corrected chi connectivity index (χ1v) is 8.35. The fraction of sp³-hybridized carbons (Fsp3) is 0.500. The largest absolute Gasteiger partial charge is 0.337 e. The summed E-state index contributed by atoms with van der Waals surface area (Å²) in [5, 5.41) is 4.15. The summed E-state index contributed by atoms with van der Waals surface area (Å²) in [4.78, 5) is 6.96. The predicted octanol–water partition coefficient (Wildman–Crippen LogP) is 3.37. The molecule has 1 aromatic heterocycles. The molecule has 22 heavy (non-hydrogen) atoms. The van der Waals surface area contributed by atoms with Crippen LogP contribution >= 0.6 is 15.9 Å². The third kappa shape index (κ3) is 3.39. The maximum atomic E-state index is 6.16. The highest BCUT2D eigenvalue weighted by molar-refractivity contribution is 9.10. The highest BCUT2D eigenvalue weighted by Gasteiger charge is 2.33. The zero-order chi connectivity index (χ0) is 15.7. The fourth-order valence-electron chi connectivity index (χ4n) is 2.94. The van der Waals surface area contributed by atoms with E-state index in [1.165, 1.54) is 0 Å². The van der Waals surface area contributed by atoms with E-state index in [4.69, 9.17) is 10.3 Å². The van der Waals surface area contributed by atoms with Crippen molar-refractivity contribution in [1.29, 1.82) is 0 Å². The predicted molar refractivity (Wildman–Crippen MR) is 89.2 cm³/mol. The quantitative estimate of drug-likeness (QED) is 0.900. The highest BCUT2D eigenvalue weighted by Crippen LogP contribution is 2.33. The minimum Gasteiger partial charge on any atom is -0.337 e. The lowest BCUT2D eigenvalue weighted by atomic mass is 10.1. The number of likely N-dealkylation sites (tertiary alicyclic amines) is 1. The summed E-state index contributed by atoms with van der Waals surface area (Å²) < 4.78 is 6.50. The van der Waals surface area contributed by atoms with Crippen molar-refractivity contribution < 1.29 is 4.52 Å². The Morgan fingerprint density at radius 1 is 1.41 bits per heavy atom. The Labute approximate surface area is 139 Å². The van der Waals surface area contributed by atoms with Crippen LogP contribution in [0.5, 0.6) is 0 Å². The van der Waals surface area contributed by atoms with E-state index in [2.05, 4.69) is 31.0 Å². The SMILES string of the molecule is CC(C)(N)CN1CCCC1c1nc(-c2ccccc2Br)no1. The number of hydrogen-bond donors (Lipinski definition) is 1. The number of aromatic nitrogens is 2. The second-order valence-corrected chi connectivity index (χ2v) is 7.41. The van der Waals surface area contributed by atoms with Gasteiger partial charge in [0.2, 0.25) is 11.7 Å². The van der Waals surface area contributed by atoms with Crippen molar-refractivity contribution in [3.8, 4) is 11.4 Å². The molecule has 1 aliphatic heterocycles. The maximum Gasteiger partial charge on any atom is 0.244 e. The van der Waals surface area contributed by atoms with Gasteiger partial charge in [0.05, 0.1) is 6.04 Å². The topological polar surface area (TPSA) is 68.2 Å². The molecule has 1 aromatic carbocycles. The normalized spacial score (nSPS) is 19.7. The van der Waals surface area contributed by atoms with Crippen molar-refractivity contribution >= 4 is 15.9 Å². The van der Waals surface area contributed by atoms with Gasteiger partial charge in [-0.3, -0.25) is 4.90 Å². The minimum atomic E-state index is -0.228. The maximum absolute atomic E-state index is 6.16. The minimum absolute atomic E-state index is 0.173. The lowest BCUT2D eigenvalue weighted by Crippen LogP contribution is -2.45. The van der Waals surface area contributed by atoms with E-state index in [0.717, 1.165) is 36.0 Å². The van der Waals surface area contributed by atoms with E-state index in [1.807, 2.05) is 38.1 Å². The Hall–Kier alpha value is -1.24. The summed E-state index contributed by atoms with van der Waals surface area (Å²) in [7, 11) is 0. The number of rotatable bonds is 4.